The Bertz CT molecular complexity index is 1050. The van der Waals surface area contributed by atoms with Gasteiger partial charge in [0.05, 0.1) is 10.9 Å². The van der Waals surface area contributed by atoms with Gasteiger partial charge in [0.2, 0.25) is 10.0 Å². The van der Waals surface area contributed by atoms with Crippen LogP contribution in [0.3, 0.4) is 0 Å². The van der Waals surface area contributed by atoms with Gasteiger partial charge in [0.25, 0.3) is 5.91 Å². The smallest absolute Gasteiger partial charge is 0.251 e. The second kappa shape index (κ2) is 9.28. The number of rotatable bonds is 5. The molecule has 1 atom stereocenters. The van der Waals surface area contributed by atoms with Crippen molar-refractivity contribution in [3.8, 4) is 11.5 Å². The predicted molar refractivity (Wildman–Crippen MR) is 117 cm³/mol. The molecule has 1 saturated heterocycles. The molecule has 0 spiro atoms. The van der Waals surface area contributed by atoms with Crippen molar-refractivity contribution in [3.63, 3.8) is 0 Å². The highest BCUT2D eigenvalue weighted by atomic mass is 32.2. The predicted octanol–water partition coefficient (Wildman–Crippen LogP) is 3.51. The molecule has 166 valence electrons. The van der Waals surface area contributed by atoms with Gasteiger partial charge in [0.15, 0.2) is 11.5 Å². The minimum absolute atomic E-state index is 0.161. The van der Waals surface area contributed by atoms with Gasteiger partial charge in [-0.3, -0.25) is 4.79 Å². The summed E-state index contributed by atoms with van der Waals surface area (Å²) in [6, 6.07) is 11.6. The van der Waals surface area contributed by atoms with E-state index in [0.717, 1.165) is 31.2 Å². The molecular formula is C23H28N2O5S. The van der Waals surface area contributed by atoms with Crippen LogP contribution in [0, 0.1) is 0 Å². The van der Waals surface area contributed by atoms with E-state index in [9.17, 15) is 13.2 Å². The van der Waals surface area contributed by atoms with Crippen molar-refractivity contribution in [1.29, 1.82) is 0 Å². The van der Waals surface area contributed by atoms with E-state index in [2.05, 4.69) is 5.32 Å². The van der Waals surface area contributed by atoms with Crippen LogP contribution in [0.4, 0.5) is 0 Å². The number of benzene rings is 2. The average Bonchev–Trinajstić information content (AvgIpc) is 3.09. The molecule has 4 rings (SSSR count). The number of fused-ring (bicyclic) bond motifs is 1. The van der Waals surface area contributed by atoms with Gasteiger partial charge in [-0.1, -0.05) is 25.0 Å². The summed E-state index contributed by atoms with van der Waals surface area (Å²) in [6.45, 7) is 3.95. The summed E-state index contributed by atoms with van der Waals surface area (Å²) in [5.74, 6) is 1.03. The number of hydrogen-bond acceptors (Lipinski definition) is 5. The molecule has 31 heavy (non-hydrogen) atoms. The molecule has 7 nitrogen and oxygen atoms in total. The molecule has 1 fully saturated rings. The van der Waals surface area contributed by atoms with Crippen molar-refractivity contribution in [2.45, 2.75) is 43.5 Å². The van der Waals surface area contributed by atoms with Crippen LogP contribution < -0.4 is 14.8 Å². The summed E-state index contributed by atoms with van der Waals surface area (Å²) in [5, 5.41) is 2.94. The lowest BCUT2D eigenvalue weighted by atomic mass is 10.1. The molecule has 1 unspecified atom stereocenters. The molecule has 0 bridgehead atoms. The lowest BCUT2D eigenvalue weighted by Gasteiger charge is -2.21. The highest BCUT2D eigenvalue weighted by Crippen LogP contribution is 2.32. The van der Waals surface area contributed by atoms with Gasteiger partial charge in [-0.05, 0) is 55.7 Å². The first-order valence-electron chi connectivity index (χ1n) is 10.8. The highest BCUT2D eigenvalue weighted by Gasteiger charge is 2.26. The van der Waals surface area contributed by atoms with E-state index in [1.54, 1.807) is 18.2 Å². The van der Waals surface area contributed by atoms with Crippen molar-refractivity contribution in [3.05, 3.63) is 53.6 Å². The van der Waals surface area contributed by atoms with Gasteiger partial charge in [-0.2, -0.15) is 4.31 Å². The van der Waals surface area contributed by atoms with Crippen molar-refractivity contribution < 1.29 is 22.7 Å². The van der Waals surface area contributed by atoms with Gasteiger partial charge in [0.1, 0.15) is 13.2 Å². The second-order valence-electron chi connectivity index (χ2n) is 7.94. The monoisotopic (exact) mass is 444 g/mol. The van der Waals surface area contributed by atoms with E-state index in [-0.39, 0.29) is 16.8 Å². The molecule has 2 aliphatic rings. The van der Waals surface area contributed by atoms with Crippen LogP contribution in [0.2, 0.25) is 0 Å². The number of carbonyl (C=O) groups is 1. The zero-order valence-electron chi connectivity index (χ0n) is 17.7. The number of amides is 1. The summed E-state index contributed by atoms with van der Waals surface area (Å²) >= 11 is 0. The minimum Gasteiger partial charge on any atom is -0.486 e. The van der Waals surface area contributed by atoms with Crippen LogP contribution in [0.25, 0.3) is 0 Å². The molecule has 2 aromatic carbocycles. The van der Waals surface area contributed by atoms with Gasteiger partial charge in [-0.15, -0.1) is 0 Å². The normalized spacial score (nSPS) is 18.1. The van der Waals surface area contributed by atoms with Gasteiger partial charge < -0.3 is 14.8 Å². The first-order valence-corrected chi connectivity index (χ1v) is 12.2. The van der Waals surface area contributed by atoms with Crippen LogP contribution in [-0.4, -0.2) is 44.9 Å². The molecule has 0 aromatic heterocycles. The minimum atomic E-state index is -3.61. The van der Waals surface area contributed by atoms with E-state index in [1.807, 2.05) is 25.1 Å². The lowest BCUT2D eigenvalue weighted by molar-refractivity contribution is 0.0939. The Morgan fingerprint density at radius 1 is 0.968 bits per heavy atom. The van der Waals surface area contributed by atoms with Crippen LogP contribution in [0.15, 0.2) is 47.4 Å². The molecule has 0 aliphatic carbocycles. The fourth-order valence-corrected chi connectivity index (χ4v) is 5.48. The number of hydrogen-bond donors (Lipinski definition) is 1. The van der Waals surface area contributed by atoms with Crippen molar-refractivity contribution in [1.82, 2.24) is 9.62 Å². The maximum Gasteiger partial charge on any atom is 0.251 e. The number of carbonyl (C=O) groups excluding carboxylic acids is 1. The van der Waals surface area contributed by atoms with Crippen LogP contribution >= 0.6 is 0 Å². The highest BCUT2D eigenvalue weighted by molar-refractivity contribution is 7.89. The number of sulfonamides is 1. The summed E-state index contributed by atoms with van der Waals surface area (Å²) in [6.07, 6.45) is 3.83. The molecule has 2 heterocycles. The van der Waals surface area contributed by atoms with Crippen LogP contribution in [0.5, 0.6) is 11.5 Å². The SMILES string of the molecule is CC(NC(=O)c1cccc(S(=O)(=O)N2CCCCCC2)c1)c1ccc2c(c1)OCCO2. The summed E-state index contributed by atoms with van der Waals surface area (Å²) < 4.78 is 38.8. The third-order valence-corrected chi connectivity index (χ3v) is 7.61. The average molecular weight is 445 g/mol. The largest absolute Gasteiger partial charge is 0.486 e. The molecule has 8 heteroatoms. The first kappa shape index (κ1) is 21.6. The van der Waals surface area contributed by atoms with Crippen molar-refractivity contribution in [2.24, 2.45) is 0 Å². The molecule has 1 amide bonds. The topological polar surface area (TPSA) is 84.9 Å². The van der Waals surface area contributed by atoms with E-state index in [1.165, 1.54) is 10.4 Å². The Morgan fingerprint density at radius 2 is 1.68 bits per heavy atom. The summed E-state index contributed by atoms with van der Waals surface area (Å²) in [7, 11) is -3.61. The molecule has 2 aromatic rings. The Morgan fingerprint density at radius 3 is 2.42 bits per heavy atom. The molecule has 0 radical (unpaired) electrons. The molecular weight excluding hydrogens is 416 g/mol. The van der Waals surface area contributed by atoms with Crippen LogP contribution in [0.1, 0.15) is 54.6 Å². The lowest BCUT2D eigenvalue weighted by Crippen LogP contribution is -2.32. The molecule has 1 N–H and O–H groups in total. The third kappa shape index (κ3) is 4.85. The number of nitrogens with zero attached hydrogens (tertiary/aromatic N) is 1. The Balaban J connectivity index is 1.49. The Kier molecular flexibility index (Phi) is 6.48. The van der Waals surface area contributed by atoms with Gasteiger partial charge in [0, 0.05) is 18.7 Å². The Hall–Kier alpha value is -2.58. The van der Waals surface area contributed by atoms with E-state index in [0.29, 0.717) is 43.4 Å². The summed E-state index contributed by atoms with van der Waals surface area (Å²) in [5.41, 5.74) is 1.20. The van der Waals surface area contributed by atoms with Gasteiger partial charge >= 0.3 is 0 Å². The fourth-order valence-electron chi connectivity index (χ4n) is 3.92. The van der Waals surface area contributed by atoms with Crippen molar-refractivity contribution >= 4 is 15.9 Å². The number of nitrogens with one attached hydrogen (secondary N) is 1. The van der Waals surface area contributed by atoms with E-state index in [4.69, 9.17) is 9.47 Å². The second-order valence-corrected chi connectivity index (χ2v) is 9.88. The summed E-state index contributed by atoms with van der Waals surface area (Å²) in [4.78, 5) is 13.0. The zero-order chi connectivity index (χ0) is 21.8. The van der Waals surface area contributed by atoms with Crippen LogP contribution in [-0.2, 0) is 10.0 Å². The Labute approximate surface area is 183 Å². The first-order chi connectivity index (χ1) is 14.9. The molecule has 0 saturated carbocycles. The zero-order valence-corrected chi connectivity index (χ0v) is 18.5. The molecule has 2 aliphatic heterocycles. The van der Waals surface area contributed by atoms with E-state index < -0.39 is 10.0 Å². The quantitative estimate of drug-likeness (QED) is 0.763. The van der Waals surface area contributed by atoms with Crippen molar-refractivity contribution in [2.75, 3.05) is 26.3 Å². The maximum atomic E-state index is 13.1. The third-order valence-electron chi connectivity index (χ3n) is 5.71. The van der Waals surface area contributed by atoms with Gasteiger partial charge in [-0.25, -0.2) is 8.42 Å². The maximum absolute atomic E-state index is 13.1. The fraction of sp³-hybridized carbons (Fsp3) is 0.435. The number of ether oxygens (including phenoxy) is 2. The van der Waals surface area contributed by atoms with E-state index >= 15 is 0 Å². The standard InChI is InChI=1S/C23H28N2O5S/c1-17(18-9-10-21-22(16-18)30-14-13-29-21)24-23(26)19-7-6-8-20(15-19)31(27,28)25-11-4-2-3-5-12-25/h6-10,15-17H,2-5,11-14H2,1H3,(H,24,26).